The maximum Gasteiger partial charge on any atom is 0.0641 e. The van der Waals surface area contributed by atoms with Gasteiger partial charge in [0.25, 0.3) is 0 Å². The van der Waals surface area contributed by atoms with E-state index in [1.807, 2.05) is 0 Å². The van der Waals surface area contributed by atoms with E-state index in [1.54, 1.807) is 0 Å². The predicted octanol–water partition coefficient (Wildman–Crippen LogP) is 19.3. The first-order valence-corrected chi connectivity index (χ1v) is 25.8. The third-order valence-corrected chi connectivity index (χ3v) is 15.4. The van der Waals surface area contributed by atoms with Crippen LogP contribution in [0, 0.1) is 0 Å². The third kappa shape index (κ3) is 6.75. The Balaban J connectivity index is 1.01. The summed E-state index contributed by atoms with van der Waals surface area (Å²) >= 11 is 0. The van der Waals surface area contributed by atoms with Gasteiger partial charge in [0.05, 0.1) is 44.5 Å². The van der Waals surface area contributed by atoms with Crippen LogP contribution in [0.2, 0.25) is 0 Å². The van der Waals surface area contributed by atoms with Crippen molar-refractivity contribution >= 4 is 65.4 Å². The molecule has 0 N–H and O–H groups in total. The maximum atomic E-state index is 2.53. The highest BCUT2D eigenvalue weighted by molar-refractivity contribution is 6.27. The minimum Gasteiger partial charge on any atom is -0.309 e. The van der Waals surface area contributed by atoms with Gasteiger partial charge in [-0.15, -0.1) is 0 Å². The first-order valence-electron chi connectivity index (χ1n) is 25.8. The Labute approximate surface area is 434 Å². The van der Waals surface area contributed by atoms with Gasteiger partial charge in [0.2, 0.25) is 0 Å². The number of para-hydroxylation sites is 4. The molecule has 0 atom stereocenters. The molecule has 0 fully saturated rings. The van der Waals surface area contributed by atoms with Crippen molar-refractivity contribution in [3.63, 3.8) is 0 Å². The molecule has 0 bridgehead atoms. The lowest BCUT2D eigenvalue weighted by atomic mass is 9.95. The lowest BCUT2D eigenvalue weighted by Gasteiger charge is -2.19. The molecule has 3 nitrogen and oxygen atoms in total. The zero-order chi connectivity index (χ0) is 49.4. The fourth-order valence-corrected chi connectivity index (χ4v) is 12.2. The molecule has 3 aromatic heterocycles. The van der Waals surface area contributed by atoms with Gasteiger partial charge in [-0.25, -0.2) is 0 Å². The van der Waals surface area contributed by atoms with Gasteiger partial charge in [0.1, 0.15) is 0 Å². The van der Waals surface area contributed by atoms with Crippen molar-refractivity contribution < 1.29 is 0 Å². The molecule has 0 saturated carbocycles. The van der Waals surface area contributed by atoms with E-state index in [-0.39, 0.29) is 0 Å². The first-order chi connectivity index (χ1) is 37.3. The topological polar surface area (TPSA) is 14.8 Å². The van der Waals surface area contributed by atoms with E-state index in [0.717, 1.165) is 39.0 Å². The zero-order valence-corrected chi connectivity index (χ0v) is 41.0. The van der Waals surface area contributed by atoms with Crippen molar-refractivity contribution in [3.8, 4) is 72.7 Å². The SMILES string of the molecule is c1ccc(-c2cccc(-n3c4cc(-c5ccccc5)ccc4c4ccc5c(c6ccccc6n5-c5ccccc5-c5cccc6c5c5ccccc5n6-c5c(-c6ccccc6)cccc5-c5ccccc5)c43)c2)cc1. The van der Waals surface area contributed by atoms with Crippen molar-refractivity contribution in [2.45, 2.75) is 0 Å². The van der Waals surface area contributed by atoms with Crippen LogP contribution in [0.15, 0.2) is 285 Å². The van der Waals surface area contributed by atoms with E-state index in [1.165, 1.54) is 99.1 Å². The van der Waals surface area contributed by atoms with Crippen LogP contribution in [-0.4, -0.2) is 13.7 Å². The van der Waals surface area contributed by atoms with E-state index in [0.29, 0.717) is 0 Å². The molecule has 0 radical (unpaired) electrons. The van der Waals surface area contributed by atoms with Gasteiger partial charge in [0.15, 0.2) is 0 Å². The van der Waals surface area contributed by atoms with Gasteiger partial charge in [-0.05, 0) is 87.5 Å². The van der Waals surface area contributed by atoms with Crippen molar-refractivity contribution in [2.75, 3.05) is 0 Å². The number of rotatable bonds is 8. The second-order valence-corrected chi connectivity index (χ2v) is 19.6. The van der Waals surface area contributed by atoms with Gasteiger partial charge in [-0.1, -0.05) is 237 Å². The number of hydrogen-bond donors (Lipinski definition) is 0. The molecule has 0 amide bonds. The molecule has 0 spiro atoms. The summed E-state index contributed by atoms with van der Waals surface area (Å²) in [6, 6.07) is 105. The van der Waals surface area contributed by atoms with Crippen molar-refractivity contribution in [2.24, 2.45) is 0 Å². The fourth-order valence-electron chi connectivity index (χ4n) is 12.2. The van der Waals surface area contributed by atoms with E-state index in [9.17, 15) is 0 Å². The van der Waals surface area contributed by atoms with Gasteiger partial charge in [0, 0.05) is 54.7 Å². The number of fused-ring (bicyclic) bond motifs is 10. The van der Waals surface area contributed by atoms with E-state index in [4.69, 9.17) is 0 Å². The van der Waals surface area contributed by atoms with Crippen molar-refractivity contribution in [1.29, 1.82) is 0 Å². The minimum absolute atomic E-state index is 1.12. The second-order valence-electron chi connectivity index (χ2n) is 19.6. The summed E-state index contributed by atoms with van der Waals surface area (Å²) in [7, 11) is 0. The number of benzene rings is 12. The van der Waals surface area contributed by atoms with Gasteiger partial charge in [-0.2, -0.15) is 0 Å². The minimum atomic E-state index is 1.12. The van der Waals surface area contributed by atoms with Crippen molar-refractivity contribution in [1.82, 2.24) is 13.7 Å². The average molecular weight is 954 g/mol. The third-order valence-electron chi connectivity index (χ3n) is 15.4. The molecule has 12 aromatic carbocycles. The molecule has 0 aliphatic rings. The Morgan fingerprint density at radius 2 is 0.680 bits per heavy atom. The highest BCUT2D eigenvalue weighted by atomic mass is 15.0. The van der Waals surface area contributed by atoms with Crippen LogP contribution in [-0.2, 0) is 0 Å². The molecule has 15 aromatic rings. The van der Waals surface area contributed by atoms with E-state index < -0.39 is 0 Å². The summed E-state index contributed by atoms with van der Waals surface area (Å²) in [6.07, 6.45) is 0. The largest absolute Gasteiger partial charge is 0.309 e. The van der Waals surface area contributed by atoms with Crippen LogP contribution in [0.3, 0.4) is 0 Å². The molecular weight excluding hydrogens is 907 g/mol. The molecule has 3 heteroatoms. The van der Waals surface area contributed by atoms with Crippen LogP contribution in [0.25, 0.3) is 138 Å². The highest BCUT2D eigenvalue weighted by Gasteiger charge is 2.25. The lowest BCUT2D eigenvalue weighted by Crippen LogP contribution is -2.01. The van der Waals surface area contributed by atoms with Gasteiger partial charge < -0.3 is 13.7 Å². The van der Waals surface area contributed by atoms with E-state index in [2.05, 4.69) is 299 Å². The Morgan fingerprint density at radius 1 is 0.213 bits per heavy atom. The van der Waals surface area contributed by atoms with Crippen LogP contribution >= 0.6 is 0 Å². The maximum absolute atomic E-state index is 2.53. The van der Waals surface area contributed by atoms with Crippen LogP contribution in [0.4, 0.5) is 0 Å². The molecule has 0 aliphatic heterocycles. The Kier molecular flexibility index (Phi) is 9.89. The molecule has 0 aliphatic carbocycles. The predicted molar refractivity (Wildman–Crippen MR) is 317 cm³/mol. The standard InChI is InChI=1S/C72H47N3/c1-5-22-48(23-6-1)52-30-19-31-54(46-52)73-68-47-53(49-24-7-2-8-25-49)42-43-58(68)60-44-45-67-70(72(60)73)62-34-15-17-39-64(62)74(67)63-38-16-13-32-57(63)59-37-21-41-66-69(59)61-33-14-18-40-65(61)75(66)71-55(50-26-9-3-10-27-50)35-20-36-56(71)51-28-11-4-12-29-51/h1-47H. The summed E-state index contributed by atoms with van der Waals surface area (Å²) in [6.45, 7) is 0. The summed E-state index contributed by atoms with van der Waals surface area (Å²) in [5, 5.41) is 7.31. The van der Waals surface area contributed by atoms with Crippen LogP contribution < -0.4 is 0 Å². The fraction of sp³-hybridized carbons (Fsp3) is 0. The van der Waals surface area contributed by atoms with Gasteiger partial charge in [-0.3, -0.25) is 0 Å². The first kappa shape index (κ1) is 42.7. The summed E-state index contributed by atoms with van der Waals surface area (Å²) in [5.41, 5.74) is 22.3. The summed E-state index contributed by atoms with van der Waals surface area (Å²) in [5.74, 6) is 0. The average Bonchev–Trinajstić information content (AvgIpc) is 4.17. The Morgan fingerprint density at radius 3 is 1.36 bits per heavy atom. The van der Waals surface area contributed by atoms with Gasteiger partial charge >= 0.3 is 0 Å². The zero-order valence-electron chi connectivity index (χ0n) is 41.0. The smallest absolute Gasteiger partial charge is 0.0641 e. The second kappa shape index (κ2) is 17.4. The number of hydrogen-bond acceptors (Lipinski definition) is 0. The summed E-state index contributed by atoms with van der Waals surface area (Å²) < 4.78 is 7.57. The number of aromatic nitrogens is 3. The monoisotopic (exact) mass is 953 g/mol. The Hall–Kier alpha value is -9.96. The molecule has 75 heavy (non-hydrogen) atoms. The molecular formula is C72H47N3. The quantitative estimate of drug-likeness (QED) is 0.144. The molecule has 350 valence electrons. The van der Waals surface area contributed by atoms with Crippen LogP contribution in [0.1, 0.15) is 0 Å². The molecule has 15 rings (SSSR count). The lowest BCUT2D eigenvalue weighted by molar-refractivity contribution is 1.17. The molecule has 3 heterocycles. The van der Waals surface area contributed by atoms with E-state index >= 15 is 0 Å². The van der Waals surface area contributed by atoms with Crippen LogP contribution in [0.5, 0.6) is 0 Å². The highest BCUT2D eigenvalue weighted by Crippen LogP contribution is 2.48. The number of nitrogens with zero attached hydrogens (tertiary/aromatic N) is 3. The normalized spacial score (nSPS) is 11.7. The summed E-state index contributed by atoms with van der Waals surface area (Å²) in [4.78, 5) is 0. The molecule has 0 saturated heterocycles. The Bertz CT molecular complexity index is 4620. The molecule has 0 unspecified atom stereocenters. The van der Waals surface area contributed by atoms with Crippen molar-refractivity contribution in [3.05, 3.63) is 285 Å².